The van der Waals surface area contributed by atoms with Crippen LogP contribution in [-0.4, -0.2) is 59.8 Å². The molecule has 6 nitrogen and oxygen atoms in total. The minimum atomic E-state index is -0.589. The Morgan fingerprint density at radius 2 is 1.43 bits per heavy atom. The molecule has 0 saturated carbocycles. The second-order valence-electron chi connectivity index (χ2n) is 10.9. The third-order valence-corrected chi connectivity index (χ3v) is 8.36. The average molecular weight is 564 g/mol. The van der Waals surface area contributed by atoms with Gasteiger partial charge in [-0.3, -0.25) is 14.5 Å². The maximum absolute atomic E-state index is 14.5. The van der Waals surface area contributed by atoms with E-state index in [2.05, 4.69) is 17.0 Å². The first-order valence-electron chi connectivity index (χ1n) is 14.3. The molecule has 0 radical (unpaired) electrons. The van der Waals surface area contributed by atoms with E-state index in [-0.39, 0.29) is 24.2 Å². The van der Waals surface area contributed by atoms with Gasteiger partial charge in [-0.1, -0.05) is 72.8 Å². The lowest BCUT2D eigenvalue weighted by molar-refractivity contribution is -0.136. The van der Waals surface area contributed by atoms with Gasteiger partial charge in [0.15, 0.2) is 0 Å². The average Bonchev–Trinajstić information content (AvgIpc) is 3.04. The molecular weight excluding hydrogens is 529 g/mol. The number of piperazine rings is 1. The fourth-order valence-electron chi connectivity index (χ4n) is 6.16. The molecule has 1 saturated heterocycles. The molecule has 4 aromatic carbocycles. The standard InChI is InChI=1S/C35H34FN3O3/c1-42-29-17-13-27(14-18-29)33-32(35(41)38-21-19-37(20-22-38)23-25-7-3-2-4-8-25)30-9-5-6-10-31(30)34(40)39(33)24-26-11-15-28(36)16-12-26/h2-18,32-33H,19-24H2,1H3/t32-,33-/m1/s1. The molecule has 2 atom stereocenters. The highest BCUT2D eigenvalue weighted by molar-refractivity contribution is 6.01. The molecular formula is C35H34FN3O3. The summed E-state index contributed by atoms with van der Waals surface area (Å²) in [6.45, 7) is 3.89. The van der Waals surface area contributed by atoms with Crippen molar-refractivity contribution in [2.45, 2.75) is 25.0 Å². The predicted octanol–water partition coefficient (Wildman–Crippen LogP) is 5.66. The van der Waals surface area contributed by atoms with Crippen LogP contribution in [0.2, 0.25) is 0 Å². The highest BCUT2D eigenvalue weighted by Gasteiger charge is 2.45. The summed E-state index contributed by atoms with van der Waals surface area (Å²) in [4.78, 5) is 34.7. The molecule has 2 amide bonds. The Kier molecular flexibility index (Phi) is 8.02. The topological polar surface area (TPSA) is 53.1 Å². The SMILES string of the molecule is COc1ccc([C@@H]2[C@H](C(=O)N3CCN(Cc4ccccc4)CC3)c3ccccc3C(=O)N2Cc2ccc(F)cc2)cc1. The molecule has 1 fully saturated rings. The van der Waals surface area contributed by atoms with Crippen molar-refractivity contribution in [3.63, 3.8) is 0 Å². The Labute approximate surface area is 245 Å². The number of hydrogen-bond donors (Lipinski definition) is 0. The molecule has 0 bridgehead atoms. The van der Waals surface area contributed by atoms with Crippen LogP contribution in [0, 0.1) is 5.82 Å². The lowest BCUT2D eigenvalue weighted by Gasteiger charge is -2.44. The van der Waals surface area contributed by atoms with Crippen molar-refractivity contribution in [3.05, 3.63) is 137 Å². The first-order valence-corrected chi connectivity index (χ1v) is 14.3. The van der Waals surface area contributed by atoms with Gasteiger partial charge in [-0.05, 0) is 52.6 Å². The van der Waals surface area contributed by atoms with Crippen LogP contribution in [-0.2, 0) is 17.9 Å². The van der Waals surface area contributed by atoms with Crippen molar-refractivity contribution in [2.75, 3.05) is 33.3 Å². The summed E-state index contributed by atoms with van der Waals surface area (Å²) in [5.41, 5.74) is 4.18. The summed E-state index contributed by atoms with van der Waals surface area (Å²) in [5.74, 6) is -0.357. The van der Waals surface area contributed by atoms with Crippen LogP contribution < -0.4 is 4.74 Å². The molecule has 6 rings (SSSR count). The van der Waals surface area contributed by atoms with Crippen molar-refractivity contribution >= 4 is 11.8 Å². The monoisotopic (exact) mass is 563 g/mol. The second kappa shape index (κ2) is 12.2. The number of halogens is 1. The number of benzene rings is 4. The van der Waals surface area contributed by atoms with Crippen LogP contribution in [0.15, 0.2) is 103 Å². The van der Waals surface area contributed by atoms with E-state index < -0.39 is 12.0 Å². The number of carbonyl (C=O) groups is 2. The van der Waals surface area contributed by atoms with Gasteiger partial charge in [-0.2, -0.15) is 0 Å². The van der Waals surface area contributed by atoms with Gasteiger partial charge in [0.25, 0.3) is 5.91 Å². The molecule has 0 aromatic heterocycles. The summed E-state index contributed by atoms with van der Waals surface area (Å²) in [6.07, 6.45) is 0. The Morgan fingerprint density at radius 1 is 0.786 bits per heavy atom. The summed E-state index contributed by atoms with van der Waals surface area (Å²) in [6, 6.07) is 31.0. The minimum absolute atomic E-state index is 0.0132. The molecule has 2 aliphatic rings. The maximum atomic E-state index is 14.5. The normalized spacial score (nSPS) is 19.0. The van der Waals surface area contributed by atoms with Gasteiger partial charge in [-0.25, -0.2) is 4.39 Å². The quantitative estimate of drug-likeness (QED) is 0.291. The first-order chi connectivity index (χ1) is 20.5. The molecule has 0 spiro atoms. The zero-order valence-electron chi connectivity index (χ0n) is 23.7. The number of methoxy groups -OCH3 is 1. The Bertz CT molecular complexity index is 1530. The molecule has 0 aliphatic carbocycles. The second-order valence-corrected chi connectivity index (χ2v) is 10.9. The van der Waals surface area contributed by atoms with Crippen LogP contribution in [0.25, 0.3) is 0 Å². The van der Waals surface area contributed by atoms with E-state index in [9.17, 15) is 14.0 Å². The lowest BCUT2D eigenvalue weighted by atomic mass is 9.78. The number of fused-ring (bicyclic) bond motifs is 1. The van der Waals surface area contributed by atoms with Crippen LogP contribution in [0.4, 0.5) is 4.39 Å². The first kappa shape index (κ1) is 27.7. The molecule has 0 unspecified atom stereocenters. The third kappa shape index (κ3) is 5.65. The van der Waals surface area contributed by atoms with Crippen LogP contribution in [0.5, 0.6) is 5.75 Å². The van der Waals surface area contributed by atoms with Crippen molar-refractivity contribution < 1.29 is 18.7 Å². The molecule has 2 heterocycles. The lowest BCUT2D eigenvalue weighted by Crippen LogP contribution is -2.53. The number of ether oxygens (including phenoxy) is 1. The van der Waals surface area contributed by atoms with E-state index >= 15 is 0 Å². The smallest absolute Gasteiger partial charge is 0.255 e. The van der Waals surface area contributed by atoms with Gasteiger partial charge in [0.2, 0.25) is 5.91 Å². The van der Waals surface area contributed by atoms with E-state index in [0.717, 1.165) is 36.3 Å². The number of rotatable bonds is 7. The fourth-order valence-corrected chi connectivity index (χ4v) is 6.16. The Balaban J connectivity index is 1.34. The van der Waals surface area contributed by atoms with Gasteiger partial charge >= 0.3 is 0 Å². The number of carbonyl (C=O) groups excluding carboxylic acids is 2. The van der Waals surface area contributed by atoms with Gasteiger partial charge in [0, 0.05) is 44.8 Å². The van der Waals surface area contributed by atoms with Crippen LogP contribution in [0.1, 0.15) is 44.6 Å². The molecule has 2 aliphatic heterocycles. The molecule has 7 heteroatoms. The largest absolute Gasteiger partial charge is 0.497 e. The highest BCUT2D eigenvalue weighted by Crippen LogP contribution is 2.45. The number of hydrogen-bond acceptors (Lipinski definition) is 4. The molecule has 214 valence electrons. The van der Waals surface area contributed by atoms with Gasteiger partial charge in [0.1, 0.15) is 11.6 Å². The predicted molar refractivity (Wildman–Crippen MR) is 159 cm³/mol. The maximum Gasteiger partial charge on any atom is 0.255 e. The Hall–Kier alpha value is -4.49. The minimum Gasteiger partial charge on any atom is -0.497 e. The van der Waals surface area contributed by atoms with Gasteiger partial charge in [-0.15, -0.1) is 0 Å². The number of nitrogens with zero attached hydrogens (tertiary/aromatic N) is 3. The summed E-state index contributed by atoms with van der Waals surface area (Å²) in [5, 5.41) is 0. The fraction of sp³-hybridized carbons (Fsp3) is 0.257. The molecule has 42 heavy (non-hydrogen) atoms. The zero-order valence-corrected chi connectivity index (χ0v) is 23.7. The van der Waals surface area contributed by atoms with Crippen molar-refractivity contribution in [1.82, 2.24) is 14.7 Å². The summed E-state index contributed by atoms with van der Waals surface area (Å²) in [7, 11) is 1.61. The van der Waals surface area contributed by atoms with E-state index in [1.165, 1.54) is 17.7 Å². The zero-order chi connectivity index (χ0) is 29.1. The summed E-state index contributed by atoms with van der Waals surface area (Å²) < 4.78 is 19.1. The number of amides is 2. The van der Waals surface area contributed by atoms with Crippen LogP contribution in [0.3, 0.4) is 0 Å². The highest BCUT2D eigenvalue weighted by atomic mass is 19.1. The third-order valence-electron chi connectivity index (χ3n) is 8.36. The van der Waals surface area contributed by atoms with Crippen LogP contribution >= 0.6 is 0 Å². The van der Waals surface area contributed by atoms with Crippen molar-refractivity contribution in [2.24, 2.45) is 0 Å². The molecule has 4 aromatic rings. The summed E-state index contributed by atoms with van der Waals surface area (Å²) >= 11 is 0. The van der Waals surface area contributed by atoms with Crippen molar-refractivity contribution in [3.8, 4) is 5.75 Å². The molecule has 0 N–H and O–H groups in total. The van der Waals surface area contributed by atoms with Crippen molar-refractivity contribution in [1.29, 1.82) is 0 Å². The van der Waals surface area contributed by atoms with E-state index in [1.807, 2.05) is 65.6 Å². The van der Waals surface area contributed by atoms with E-state index in [1.54, 1.807) is 30.2 Å². The van der Waals surface area contributed by atoms with E-state index in [0.29, 0.717) is 24.4 Å². The van der Waals surface area contributed by atoms with Gasteiger partial charge < -0.3 is 14.5 Å². The van der Waals surface area contributed by atoms with Gasteiger partial charge in [0.05, 0.1) is 19.1 Å². The Morgan fingerprint density at radius 3 is 2.12 bits per heavy atom. The van der Waals surface area contributed by atoms with E-state index in [4.69, 9.17) is 4.74 Å².